The van der Waals surface area contributed by atoms with E-state index in [0.717, 1.165) is 0 Å². The van der Waals surface area contributed by atoms with Crippen molar-refractivity contribution in [2.45, 2.75) is 64.7 Å². The van der Waals surface area contributed by atoms with Gasteiger partial charge in [0.25, 0.3) is 5.91 Å². The van der Waals surface area contributed by atoms with E-state index in [4.69, 9.17) is 14.2 Å². The zero-order chi connectivity index (χ0) is 23.7. The van der Waals surface area contributed by atoms with Crippen molar-refractivity contribution in [2.75, 3.05) is 20.3 Å². The largest absolute Gasteiger partial charge is 0.486 e. The number of hydrogen-bond acceptors (Lipinski definition) is 6. The third kappa shape index (κ3) is 10.3. The molecule has 0 aromatic heterocycles. The van der Waals surface area contributed by atoms with Gasteiger partial charge < -0.3 is 24.8 Å². The van der Waals surface area contributed by atoms with Gasteiger partial charge in [0.1, 0.15) is 29.4 Å². The summed E-state index contributed by atoms with van der Waals surface area (Å²) in [6.45, 7) is 8.41. The number of methoxy groups -OCH3 is 1. The van der Waals surface area contributed by atoms with Crippen LogP contribution >= 0.6 is 0 Å². The Balaban J connectivity index is 2.67. The number of carbonyl (C=O) groups is 3. The van der Waals surface area contributed by atoms with Crippen LogP contribution in [0.5, 0.6) is 5.75 Å². The van der Waals surface area contributed by atoms with Gasteiger partial charge in [-0.25, -0.2) is 9.18 Å². The van der Waals surface area contributed by atoms with E-state index in [1.807, 2.05) is 0 Å². The van der Waals surface area contributed by atoms with Gasteiger partial charge >= 0.3 is 6.09 Å². The van der Waals surface area contributed by atoms with Crippen LogP contribution in [-0.4, -0.2) is 55.3 Å². The topological polar surface area (TPSA) is 103 Å². The minimum atomic E-state index is -1.12. The molecule has 0 heterocycles. The Labute approximate surface area is 182 Å². The lowest BCUT2D eigenvalue weighted by molar-refractivity contribution is -0.142. The van der Waals surface area contributed by atoms with Gasteiger partial charge in [-0.1, -0.05) is 0 Å². The zero-order valence-electron chi connectivity index (χ0n) is 19.0. The average Bonchev–Trinajstić information content (AvgIpc) is 2.68. The molecule has 1 aromatic rings. The fourth-order valence-electron chi connectivity index (χ4n) is 2.34. The minimum absolute atomic E-state index is 0.265. The molecule has 2 N–H and O–H groups in total. The Morgan fingerprint density at radius 2 is 1.68 bits per heavy atom. The van der Waals surface area contributed by atoms with Crippen LogP contribution in [-0.2, 0) is 19.1 Å². The molecule has 0 aliphatic carbocycles. The molecule has 31 heavy (non-hydrogen) atoms. The van der Waals surface area contributed by atoms with Crippen LogP contribution in [0.3, 0.4) is 0 Å². The third-order valence-electron chi connectivity index (χ3n) is 4.28. The molecule has 0 spiro atoms. The molecule has 0 fully saturated rings. The number of ketones is 1. The van der Waals surface area contributed by atoms with Crippen LogP contribution in [0.2, 0.25) is 0 Å². The van der Waals surface area contributed by atoms with Crippen LogP contribution < -0.4 is 15.4 Å². The first kappa shape index (κ1) is 26.4. The van der Waals surface area contributed by atoms with Crippen molar-refractivity contribution >= 4 is 17.8 Å². The molecule has 0 aliphatic heterocycles. The Kier molecular flexibility index (Phi) is 9.90. The molecular weight excluding hydrogens is 407 g/mol. The number of rotatable bonds is 11. The molecule has 1 aromatic carbocycles. The highest BCUT2D eigenvalue weighted by Gasteiger charge is 2.31. The summed E-state index contributed by atoms with van der Waals surface area (Å²) in [5.74, 6) is -0.885. The molecule has 8 nitrogen and oxygen atoms in total. The molecule has 0 saturated carbocycles. The van der Waals surface area contributed by atoms with Crippen molar-refractivity contribution in [1.29, 1.82) is 0 Å². The van der Waals surface area contributed by atoms with Crippen LogP contribution in [0.15, 0.2) is 24.3 Å². The van der Waals surface area contributed by atoms with Crippen molar-refractivity contribution in [3.8, 4) is 5.75 Å². The van der Waals surface area contributed by atoms with Crippen LogP contribution in [0.4, 0.5) is 9.18 Å². The second-order valence-electron chi connectivity index (χ2n) is 8.52. The fraction of sp³-hybridized carbons (Fsp3) is 0.591. The van der Waals surface area contributed by atoms with Crippen molar-refractivity contribution in [3.05, 3.63) is 30.1 Å². The summed E-state index contributed by atoms with van der Waals surface area (Å²) in [5, 5.41) is 5.30. The highest BCUT2D eigenvalue weighted by Crippen LogP contribution is 2.13. The van der Waals surface area contributed by atoms with Gasteiger partial charge in [-0.3, -0.25) is 9.59 Å². The summed E-state index contributed by atoms with van der Waals surface area (Å²) < 4.78 is 28.7. The second-order valence-corrected chi connectivity index (χ2v) is 8.52. The Bertz CT molecular complexity index is 743. The third-order valence-corrected chi connectivity index (χ3v) is 4.28. The van der Waals surface area contributed by atoms with E-state index in [0.29, 0.717) is 12.2 Å². The van der Waals surface area contributed by atoms with Gasteiger partial charge in [0.15, 0.2) is 5.78 Å². The Hall–Kier alpha value is -2.68. The van der Waals surface area contributed by atoms with Crippen LogP contribution in [0, 0.1) is 5.82 Å². The highest BCUT2D eigenvalue weighted by atomic mass is 19.1. The summed E-state index contributed by atoms with van der Waals surface area (Å²) >= 11 is 0. The summed E-state index contributed by atoms with van der Waals surface area (Å²) in [6, 6.07) is 4.43. The van der Waals surface area contributed by atoms with E-state index in [1.54, 1.807) is 34.6 Å². The van der Waals surface area contributed by atoms with Gasteiger partial charge in [-0.15, -0.1) is 0 Å². The first-order valence-electron chi connectivity index (χ1n) is 10.1. The van der Waals surface area contributed by atoms with E-state index < -0.39 is 35.1 Å². The maximum absolute atomic E-state index is 13.0. The molecule has 0 bridgehead atoms. The van der Waals surface area contributed by atoms with Gasteiger partial charge in [-0.2, -0.15) is 0 Å². The number of halogens is 1. The molecular formula is C22H33FN2O6. The zero-order valence-corrected chi connectivity index (χ0v) is 19.0. The molecule has 0 aliphatic rings. The highest BCUT2D eigenvalue weighted by molar-refractivity contribution is 5.92. The number of hydrogen-bond donors (Lipinski definition) is 2. The van der Waals surface area contributed by atoms with E-state index in [1.165, 1.54) is 31.4 Å². The molecule has 0 radical (unpaired) electrons. The number of alkyl carbamates (subject to hydrolysis) is 1. The predicted molar refractivity (Wildman–Crippen MR) is 113 cm³/mol. The van der Waals surface area contributed by atoms with E-state index in [-0.39, 0.29) is 25.4 Å². The lowest BCUT2D eigenvalue weighted by atomic mass is 10.0. The molecule has 174 valence electrons. The molecule has 1 atom stereocenters. The van der Waals surface area contributed by atoms with Gasteiger partial charge in [-0.05, 0) is 71.7 Å². The smallest absolute Gasteiger partial charge is 0.407 e. The first-order valence-corrected chi connectivity index (χ1v) is 10.1. The van der Waals surface area contributed by atoms with Crippen LogP contribution in [0.25, 0.3) is 0 Å². The molecule has 0 unspecified atom stereocenters. The summed E-state index contributed by atoms with van der Waals surface area (Å²) in [7, 11) is 1.40. The monoisotopic (exact) mass is 440 g/mol. The van der Waals surface area contributed by atoms with Gasteiger partial charge in [0, 0.05) is 13.7 Å². The number of nitrogens with one attached hydrogen (secondary N) is 2. The fourth-order valence-corrected chi connectivity index (χ4v) is 2.34. The summed E-state index contributed by atoms with van der Waals surface area (Å²) in [6.07, 6.45) is 0.131. The maximum atomic E-state index is 13.0. The minimum Gasteiger partial charge on any atom is -0.486 e. The quantitative estimate of drug-likeness (QED) is 0.513. The van der Waals surface area contributed by atoms with E-state index >= 15 is 0 Å². The summed E-state index contributed by atoms with van der Waals surface area (Å²) in [4.78, 5) is 36.9. The van der Waals surface area contributed by atoms with Gasteiger partial charge in [0.05, 0.1) is 6.04 Å². The maximum Gasteiger partial charge on any atom is 0.407 e. The Morgan fingerprint density at radius 3 is 2.23 bits per heavy atom. The van der Waals surface area contributed by atoms with Gasteiger partial charge in [0.2, 0.25) is 0 Å². The first-order chi connectivity index (χ1) is 14.3. The van der Waals surface area contributed by atoms with E-state index in [2.05, 4.69) is 10.6 Å². The number of ether oxygens (including phenoxy) is 3. The molecule has 0 saturated heterocycles. The molecule has 1 rings (SSSR count). The number of Topliss-reactive ketones (excluding diaryl/α,β-unsaturated/α-hetero) is 1. The summed E-state index contributed by atoms with van der Waals surface area (Å²) in [5.41, 5.74) is -1.73. The molecule has 9 heteroatoms. The van der Waals surface area contributed by atoms with Crippen molar-refractivity contribution in [3.63, 3.8) is 0 Å². The lowest BCUT2D eigenvalue weighted by Gasteiger charge is -2.26. The van der Waals surface area contributed by atoms with Crippen LogP contribution in [0.1, 0.15) is 47.5 Å². The SMILES string of the molecule is COC(C)(C)C(=O)N[C@@H](CCCNC(=O)OC(C)(C)C)C(=O)COc1ccc(F)cc1. The second kappa shape index (κ2) is 11.6. The predicted octanol–water partition coefficient (Wildman–Crippen LogP) is 2.99. The lowest BCUT2D eigenvalue weighted by Crippen LogP contribution is -2.51. The Morgan fingerprint density at radius 1 is 1.06 bits per heavy atom. The molecule has 2 amide bonds. The van der Waals surface area contributed by atoms with Crippen molar-refractivity contribution in [2.24, 2.45) is 0 Å². The van der Waals surface area contributed by atoms with Crippen molar-refractivity contribution < 1.29 is 33.0 Å². The van der Waals surface area contributed by atoms with Crippen molar-refractivity contribution in [1.82, 2.24) is 10.6 Å². The van der Waals surface area contributed by atoms with E-state index in [9.17, 15) is 18.8 Å². The standard InChI is InChI=1S/C22H33FN2O6/c1-21(2,3)31-20(28)24-13-7-8-17(25-19(27)22(4,5)29-6)18(26)14-30-16-11-9-15(23)10-12-16/h9-12,17H,7-8,13-14H2,1-6H3,(H,24,28)(H,25,27)/t17-/m0/s1. The number of benzene rings is 1. The number of carbonyl (C=O) groups excluding carboxylic acids is 3. The normalized spacial score (nSPS) is 12.6. The number of amides is 2. The average molecular weight is 441 g/mol.